The van der Waals surface area contributed by atoms with Gasteiger partial charge in [0.25, 0.3) is 5.91 Å². The van der Waals surface area contributed by atoms with Crippen LogP contribution in [-0.4, -0.2) is 34.1 Å². The van der Waals surface area contributed by atoms with E-state index in [9.17, 15) is 14.7 Å². The van der Waals surface area contributed by atoms with Crippen LogP contribution in [0.5, 0.6) is 0 Å². The molecule has 1 aromatic carbocycles. The minimum atomic E-state index is -1.04. The Morgan fingerprint density at radius 2 is 2.00 bits per heavy atom. The molecule has 0 radical (unpaired) electrons. The van der Waals surface area contributed by atoms with Crippen LogP contribution in [0.3, 0.4) is 0 Å². The lowest BCUT2D eigenvalue weighted by atomic mass is 9.73. The first-order valence-electron chi connectivity index (χ1n) is 12.1. The van der Waals surface area contributed by atoms with Crippen molar-refractivity contribution >= 4 is 23.1 Å². The quantitative estimate of drug-likeness (QED) is 0.538. The summed E-state index contributed by atoms with van der Waals surface area (Å²) >= 11 is 0. The van der Waals surface area contributed by atoms with Crippen LogP contribution < -0.4 is 5.32 Å². The Labute approximate surface area is 205 Å². The van der Waals surface area contributed by atoms with Crippen LogP contribution in [0.4, 0.5) is 5.69 Å². The highest BCUT2D eigenvalue weighted by Gasteiger charge is 2.38. The van der Waals surface area contributed by atoms with Gasteiger partial charge in [0.2, 0.25) is 0 Å². The molecule has 2 aliphatic carbocycles. The normalized spacial score (nSPS) is 23.6. The number of allylic oxidation sites excluding steroid dienone is 2. The average molecular weight is 477 g/mol. The maximum Gasteiger partial charge on any atom is 0.308 e. The predicted octanol–water partition coefficient (Wildman–Crippen LogP) is 4.68. The minimum Gasteiger partial charge on any atom is -0.469 e. The van der Waals surface area contributed by atoms with Gasteiger partial charge < -0.3 is 20.1 Å². The molecule has 0 spiro atoms. The molecule has 0 saturated heterocycles. The van der Waals surface area contributed by atoms with Crippen molar-refractivity contribution in [3.8, 4) is 6.07 Å². The molecule has 0 aliphatic heterocycles. The van der Waals surface area contributed by atoms with E-state index in [1.54, 1.807) is 0 Å². The fourth-order valence-corrected chi connectivity index (χ4v) is 4.99. The molecule has 8 heteroatoms. The lowest BCUT2D eigenvalue weighted by Crippen LogP contribution is -2.34. The second-order valence-corrected chi connectivity index (χ2v) is 10.4. The molecule has 1 saturated carbocycles. The Bertz CT molecular complexity index is 1200. The van der Waals surface area contributed by atoms with Gasteiger partial charge in [0.15, 0.2) is 11.5 Å². The number of aromatic amines is 1. The van der Waals surface area contributed by atoms with E-state index in [0.29, 0.717) is 31.4 Å². The number of aromatic nitrogens is 2. The number of aliphatic hydroxyl groups is 1. The maximum atomic E-state index is 12.8. The van der Waals surface area contributed by atoms with Crippen LogP contribution in [0, 0.1) is 22.7 Å². The lowest BCUT2D eigenvalue weighted by molar-refractivity contribution is -0.148. The molecule has 2 aliphatic rings. The third kappa shape index (κ3) is 5.30. The number of benzene rings is 1. The monoisotopic (exact) mass is 476 g/mol. The first-order chi connectivity index (χ1) is 16.6. The predicted molar refractivity (Wildman–Crippen MR) is 131 cm³/mol. The van der Waals surface area contributed by atoms with Gasteiger partial charge in [0.1, 0.15) is 6.07 Å². The van der Waals surface area contributed by atoms with E-state index < -0.39 is 11.5 Å². The number of H-pyrrole nitrogens is 1. The van der Waals surface area contributed by atoms with Crippen molar-refractivity contribution in [1.82, 2.24) is 9.97 Å². The standard InChI is InChI=1S/C27H32N4O4/c1-26(2)10-6-17(7-11-26)21-14-19(27(34)12-8-18(9-13-27)25(33)35-3)4-5-22(21)31-24(32)23-29-16-20(15-28)30-23/h4-6,14,16,18,34H,7-13H2,1-3H3,(H,29,30)(H,31,32)/t18-,27-. The Morgan fingerprint density at radius 1 is 1.26 bits per heavy atom. The number of nitriles is 1. The van der Waals surface area contributed by atoms with E-state index in [1.165, 1.54) is 13.3 Å². The highest BCUT2D eigenvalue weighted by atomic mass is 16.5. The zero-order chi connectivity index (χ0) is 25.2. The van der Waals surface area contributed by atoms with Crippen molar-refractivity contribution in [2.75, 3.05) is 12.4 Å². The van der Waals surface area contributed by atoms with Gasteiger partial charge >= 0.3 is 5.97 Å². The van der Waals surface area contributed by atoms with Gasteiger partial charge in [-0.15, -0.1) is 0 Å². The topological polar surface area (TPSA) is 128 Å². The summed E-state index contributed by atoms with van der Waals surface area (Å²) in [6, 6.07) is 7.55. The second kappa shape index (κ2) is 9.67. The lowest BCUT2D eigenvalue weighted by Gasteiger charge is -2.36. The Kier molecular flexibility index (Phi) is 6.82. The smallest absolute Gasteiger partial charge is 0.308 e. The summed E-state index contributed by atoms with van der Waals surface area (Å²) in [5.41, 5.74) is 2.74. The van der Waals surface area contributed by atoms with Crippen LogP contribution in [0.15, 0.2) is 30.5 Å². The third-order valence-corrected chi connectivity index (χ3v) is 7.38. The molecular formula is C27H32N4O4. The molecule has 35 heavy (non-hydrogen) atoms. The molecule has 0 unspecified atom stereocenters. The van der Waals surface area contributed by atoms with Crippen LogP contribution in [0.2, 0.25) is 0 Å². The van der Waals surface area contributed by atoms with Crippen molar-refractivity contribution in [3.05, 3.63) is 53.1 Å². The number of nitrogens with one attached hydrogen (secondary N) is 2. The van der Waals surface area contributed by atoms with E-state index in [0.717, 1.165) is 36.0 Å². The summed E-state index contributed by atoms with van der Waals surface area (Å²) in [6.45, 7) is 4.48. The van der Waals surface area contributed by atoms with Crippen LogP contribution in [-0.2, 0) is 15.1 Å². The number of ether oxygens (including phenoxy) is 1. The molecule has 2 aromatic rings. The molecule has 1 amide bonds. The van der Waals surface area contributed by atoms with Crippen molar-refractivity contribution in [2.45, 2.75) is 64.4 Å². The van der Waals surface area contributed by atoms with Gasteiger partial charge in [-0.05, 0) is 73.6 Å². The van der Waals surface area contributed by atoms with Gasteiger partial charge in [-0.1, -0.05) is 26.0 Å². The molecule has 0 atom stereocenters. The second-order valence-electron chi connectivity index (χ2n) is 10.4. The van der Waals surface area contributed by atoms with Gasteiger partial charge in [-0.3, -0.25) is 9.59 Å². The summed E-state index contributed by atoms with van der Waals surface area (Å²) in [5.74, 6) is -0.781. The van der Waals surface area contributed by atoms with Crippen molar-refractivity contribution in [1.29, 1.82) is 5.26 Å². The zero-order valence-electron chi connectivity index (χ0n) is 20.5. The number of anilines is 1. The minimum absolute atomic E-state index is 0.0649. The average Bonchev–Trinajstić information content (AvgIpc) is 3.34. The number of amides is 1. The first-order valence-corrected chi connectivity index (χ1v) is 12.1. The highest BCUT2D eigenvalue weighted by Crippen LogP contribution is 2.44. The van der Waals surface area contributed by atoms with E-state index >= 15 is 0 Å². The molecule has 1 aromatic heterocycles. The Balaban J connectivity index is 1.64. The first kappa shape index (κ1) is 24.7. The Hall–Kier alpha value is -3.44. The number of rotatable bonds is 5. The third-order valence-electron chi connectivity index (χ3n) is 7.38. The molecular weight excluding hydrogens is 444 g/mol. The largest absolute Gasteiger partial charge is 0.469 e. The maximum absolute atomic E-state index is 12.8. The summed E-state index contributed by atoms with van der Waals surface area (Å²) in [5, 5.41) is 23.4. The summed E-state index contributed by atoms with van der Waals surface area (Å²) in [4.78, 5) is 31.5. The van der Waals surface area contributed by atoms with E-state index in [1.807, 2.05) is 24.3 Å². The molecule has 4 rings (SSSR count). The molecule has 1 heterocycles. The van der Waals surface area contributed by atoms with Crippen LogP contribution in [0.25, 0.3) is 5.57 Å². The number of carbonyl (C=O) groups is 2. The van der Waals surface area contributed by atoms with Gasteiger partial charge in [-0.25, -0.2) is 4.98 Å². The fraction of sp³-hybridized carbons (Fsp3) is 0.481. The number of imidazole rings is 1. The van der Waals surface area contributed by atoms with E-state index in [2.05, 4.69) is 35.2 Å². The van der Waals surface area contributed by atoms with Crippen molar-refractivity contribution < 1.29 is 19.4 Å². The molecule has 8 nitrogen and oxygen atoms in total. The van der Waals surface area contributed by atoms with Crippen LogP contribution >= 0.6 is 0 Å². The molecule has 3 N–H and O–H groups in total. The summed E-state index contributed by atoms with van der Waals surface area (Å²) in [7, 11) is 1.39. The summed E-state index contributed by atoms with van der Waals surface area (Å²) < 4.78 is 4.88. The molecule has 1 fully saturated rings. The SMILES string of the molecule is COC(=O)[C@H]1CC[C@@](O)(c2ccc(NC(=O)c3nc(C#N)c[nH]3)c(C3=CCC(C)(C)CC3)c2)CC1. The Morgan fingerprint density at radius 3 is 2.60 bits per heavy atom. The van der Waals surface area contributed by atoms with Gasteiger partial charge in [0.05, 0.1) is 18.6 Å². The number of nitrogens with zero attached hydrogens (tertiary/aromatic N) is 2. The number of methoxy groups -OCH3 is 1. The fourth-order valence-electron chi connectivity index (χ4n) is 4.99. The number of carbonyl (C=O) groups excluding carboxylic acids is 2. The molecule has 0 bridgehead atoms. The molecule has 184 valence electrons. The van der Waals surface area contributed by atoms with E-state index in [4.69, 9.17) is 10.00 Å². The van der Waals surface area contributed by atoms with Crippen molar-refractivity contribution in [2.24, 2.45) is 11.3 Å². The number of hydrogen-bond acceptors (Lipinski definition) is 6. The highest BCUT2D eigenvalue weighted by molar-refractivity contribution is 6.03. The van der Waals surface area contributed by atoms with E-state index in [-0.39, 0.29) is 28.8 Å². The van der Waals surface area contributed by atoms with Crippen molar-refractivity contribution in [3.63, 3.8) is 0 Å². The van der Waals surface area contributed by atoms with Gasteiger partial charge in [0, 0.05) is 17.4 Å². The number of esters is 1. The van der Waals surface area contributed by atoms with Gasteiger partial charge in [-0.2, -0.15) is 5.26 Å². The summed E-state index contributed by atoms with van der Waals surface area (Å²) in [6.07, 6.45) is 8.48. The number of hydrogen-bond donors (Lipinski definition) is 3. The van der Waals surface area contributed by atoms with Crippen LogP contribution in [0.1, 0.15) is 86.2 Å². The zero-order valence-corrected chi connectivity index (χ0v) is 20.5.